The molecule has 0 aromatic heterocycles. The molecule has 1 aromatic rings. The van der Waals surface area contributed by atoms with E-state index in [0.717, 1.165) is 36.8 Å². The second-order valence-electron chi connectivity index (χ2n) is 5.49. The van der Waals surface area contributed by atoms with Crippen LogP contribution in [0.3, 0.4) is 0 Å². The van der Waals surface area contributed by atoms with Crippen molar-refractivity contribution in [2.75, 3.05) is 44.7 Å². The van der Waals surface area contributed by atoms with Crippen molar-refractivity contribution in [2.24, 2.45) is 0 Å². The average Bonchev–Trinajstić information content (AvgIpc) is 2.46. The molecule has 0 bridgehead atoms. The number of aliphatic hydroxyl groups is 1. The summed E-state index contributed by atoms with van der Waals surface area (Å²) in [6, 6.07) is 6.15. The highest BCUT2D eigenvalue weighted by Crippen LogP contribution is 2.28. The summed E-state index contributed by atoms with van der Waals surface area (Å²) in [5, 5.41) is 13.2. The number of benzene rings is 1. The van der Waals surface area contributed by atoms with Gasteiger partial charge in [0, 0.05) is 55.0 Å². The normalized spacial score (nSPS) is 18.3. The zero-order chi connectivity index (χ0) is 14.5. The number of nitrogens with zero attached hydrogens (tertiary/aromatic N) is 2. The smallest absolute Gasteiger partial charge is 0.0582 e. The van der Waals surface area contributed by atoms with E-state index < -0.39 is 0 Å². The molecule has 1 heterocycles. The number of hydrogen-bond acceptors (Lipinski definition) is 4. The Morgan fingerprint density at radius 3 is 2.65 bits per heavy atom. The van der Waals surface area contributed by atoms with Gasteiger partial charge in [-0.3, -0.25) is 0 Å². The van der Waals surface area contributed by atoms with Crippen LogP contribution in [0.2, 0.25) is 5.02 Å². The molecule has 4 nitrogen and oxygen atoms in total. The predicted octanol–water partition coefficient (Wildman–Crippen LogP) is 1.56. The molecule has 2 rings (SSSR count). The highest BCUT2D eigenvalue weighted by molar-refractivity contribution is 6.31. The lowest BCUT2D eigenvalue weighted by atomic mass is 10.1. The quantitative estimate of drug-likeness (QED) is 0.865. The minimum atomic E-state index is 0.0756. The lowest BCUT2D eigenvalue weighted by Gasteiger charge is -2.35. The maximum absolute atomic E-state index is 9.12. The van der Waals surface area contributed by atoms with Crippen LogP contribution in [0.15, 0.2) is 18.2 Å². The molecule has 0 amide bonds. The number of rotatable bonds is 5. The van der Waals surface area contributed by atoms with Gasteiger partial charge >= 0.3 is 0 Å². The van der Waals surface area contributed by atoms with Crippen LogP contribution < -0.4 is 10.2 Å². The van der Waals surface area contributed by atoms with Crippen LogP contribution >= 0.6 is 11.6 Å². The van der Waals surface area contributed by atoms with E-state index in [1.807, 2.05) is 19.1 Å². The van der Waals surface area contributed by atoms with Crippen LogP contribution in [0.25, 0.3) is 0 Å². The van der Waals surface area contributed by atoms with E-state index in [2.05, 4.69) is 28.2 Å². The molecule has 112 valence electrons. The summed E-state index contributed by atoms with van der Waals surface area (Å²) >= 11 is 6.36. The number of halogens is 1. The topological polar surface area (TPSA) is 38.7 Å². The van der Waals surface area contributed by atoms with Crippen LogP contribution in [-0.2, 0) is 6.54 Å². The first-order valence-corrected chi connectivity index (χ1v) is 7.54. The van der Waals surface area contributed by atoms with E-state index in [0.29, 0.717) is 6.54 Å². The van der Waals surface area contributed by atoms with E-state index in [-0.39, 0.29) is 12.6 Å². The first-order chi connectivity index (χ1) is 9.61. The summed E-state index contributed by atoms with van der Waals surface area (Å²) in [5.41, 5.74) is 2.34. The summed E-state index contributed by atoms with van der Waals surface area (Å²) in [6.07, 6.45) is 0. The molecule has 1 atom stereocenters. The zero-order valence-electron chi connectivity index (χ0n) is 12.3. The van der Waals surface area contributed by atoms with Gasteiger partial charge in [0.1, 0.15) is 0 Å². The Labute approximate surface area is 126 Å². The van der Waals surface area contributed by atoms with Gasteiger partial charge in [-0.1, -0.05) is 17.7 Å². The molecule has 1 aromatic carbocycles. The van der Waals surface area contributed by atoms with Crippen LogP contribution in [0, 0.1) is 0 Å². The van der Waals surface area contributed by atoms with Crippen molar-refractivity contribution in [2.45, 2.75) is 19.5 Å². The van der Waals surface area contributed by atoms with Crippen molar-refractivity contribution in [1.29, 1.82) is 0 Å². The summed E-state index contributed by atoms with van der Waals surface area (Å²) in [7, 11) is 2.15. The van der Waals surface area contributed by atoms with Gasteiger partial charge in [0.2, 0.25) is 0 Å². The first kappa shape index (κ1) is 15.6. The van der Waals surface area contributed by atoms with Crippen molar-refractivity contribution >= 4 is 17.3 Å². The number of hydrogen-bond donors (Lipinski definition) is 2. The van der Waals surface area contributed by atoms with E-state index in [1.54, 1.807) is 0 Å². The molecular weight excluding hydrogens is 274 g/mol. The monoisotopic (exact) mass is 297 g/mol. The molecule has 20 heavy (non-hydrogen) atoms. The highest BCUT2D eigenvalue weighted by atomic mass is 35.5. The fourth-order valence-corrected chi connectivity index (χ4v) is 2.64. The summed E-state index contributed by atoms with van der Waals surface area (Å²) in [4.78, 5) is 4.74. The van der Waals surface area contributed by atoms with E-state index in [4.69, 9.17) is 16.7 Å². The van der Waals surface area contributed by atoms with Crippen LogP contribution in [0.4, 0.5) is 5.69 Å². The van der Waals surface area contributed by atoms with Crippen molar-refractivity contribution in [3.05, 3.63) is 28.8 Å². The molecule has 1 aliphatic heterocycles. The predicted molar refractivity (Wildman–Crippen MR) is 84.5 cm³/mol. The van der Waals surface area contributed by atoms with Crippen LogP contribution in [-0.4, -0.2) is 55.9 Å². The Kier molecular flexibility index (Phi) is 5.66. The summed E-state index contributed by atoms with van der Waals surface area (Å²) in [5.74, 6) is 0. The fraction of sp³-hybridized carbons (Fsp3) is 0.600. The van der Waals surface area contributed by atoms with Crippen molar-refractivity contribution in [1.82, 2.24) is 10.2 Å². The molecular formula is C15H24ClN3O. The van der Waals surface area contributed by atoms with Gasteiger partial charge in [0.05, 0.1) is 6.61 Å². The minimum Gasteiger partial charge on any atom is -0.395 e. The standard InChI is InChI=1S/C15H24ClN3O/c1-12(11-20)17-10-13-14(16)4-3-5-15(13)19-8-6-18(2)7-9-19/h3-5,12,17,20H,6-11H2,1-2H3/t12-/m0/s1. The maximum Gasteiger partial charge on any atom is 0.0582 e. The maximum atomic E-state index is 9.12. The third-order valence-corrected chi connectivity index (χ3v) is 4.19. The minimum absolute atomic E-state index is 0.0756. The number of piperazine rings is 1. The third kappa shape index (κ3) is 3.85. The van der Waals surface area contributed by atoms with Crippen LogP contribution in [0.5, 0.6) is 0 Å². The third-order valence-electron chi connectivity index (χ3n) is 3.84. The Morgan fingerprint density at radius 2 is 2.00 bits per heavy atom. The first-order valence-electron chi connectivity index (χ1n) is 7.17. The van der Waals surface area contributed by atoms with Crippen LogP contribution in [0.1, 0.15) is 12.5 Å². The number of anilines is 1. The van der Waals surface area contributed by atoms with Gasteiger partial charge in [0.25, 0.3) is 0 Å². The van der Waals surface area contributed by atoms with Gasteiger partial charge in [0.15, 0.2) is 0 Å². The van der Waals surface area contributed by atoms with Gasteiger partial charge in [-0.05, 0) is 26.1 Å². The molecule has 1 saturated heterocycles. The molecule has 5 heteroatoms. The number of aliphatic hydroxyl groups excluding tert-OH is 1. The highest BCUT2D eigenvalue weighted by Gasteiger charge is 2.18. The molecule has 0 saturated carbocycles. The molecule has 1 fully saturated rings. The lowest BCUT2D eigenvalue weighted by molar-refractivity contribution is 0.251. The fourth-order valence-electron chi connectivity index (χ4n) is 2.41. The molecule has 0 unspecified atom stereocenters. The van der Waals surface area contributed by atoms with Gasteiger partial charge in [-0.25, -0.2) is 0 Å². The SMILES string of the molecule is C[C@@H](CO)NCc1c(Cl)cccc1N1CCN(C)CC1. The Balaban J connectivity index is 2.13. The average molecular weight is 298 g/mol. The molecule has 0 radical (unpaired) electrons. The van der Waals surface area contributed by atoms with E-state index >= 15 is 0 Å². The number of likely N-dealkylation sites (N-methyl/N-ethyl adjacent to an activating group) is 1. The molecule has 1 aliphatic rings. The Bertz CT molecular complexity index is 433. The van der Waals surface area contributed by atoms with E-state index in [9.17, 15) is 0 Å². The Hall–Kier alpha value is -0.810. The zero-order valence-corrected chi connectivity index (χ0v) is 13.0. The molecule has 0 aliphatic carbocycles. The molecule has 0 spiro atoms. The summed E-state index contributed by atoms with van der Waals surface area (Å²) < 4.78 is 0. The molecule has 2 N–H and O–H groups in total. The largest absolute Gasteiger partial charge is 0.395 e. The van der Waals surface area contributed by atoms with Crippen molar-refractivity contribution in [3.63, 3.8) is 0 Å². The van der Waals surface area contributed by atoms with Crippen molar-refractivity contribution < 1.29 is 5.11 Å². The van der Waals surface area contributed by atoms with Gasteiger partial charge in [-0.2, -0.15) is 0 Å². The second kappa shape index (κ2) is 7.27. The number of nitrogens with one attached hydrogen (secondary N) is 1. The summed E-state index contributed by atoms with van der Waals surface area (Å²) in [6.45, 7) is 6.99. The lowest BCUT2D eigenvalue weighted by Crippen LogP contribution is -2.45. The van der Waals surface area contributed by atoms with Crippen molar-refractivity contribution in [3.8, 4) is 0 Å². The van der Waals surface area contributed by atoms with Gasteiger partial charge < -0.3 is 20.2 Å². The Morgan fingerprint density at radius 1 is 1.30 bits per heavy atom. The second-order valence-corrected chi connectivity index (χ2v) is 5.90. The van der Waals surface area contributed by atoms with E-state index in [1.165, 1.54) is 5.69 Å². The van der Waals surface area contributed by atoms with Gasteiger partial charge in [-0.15, -0.1) is 0 Å².